The van der Waals surface area contributed by atoms with Crippen LogP contribution in [0.15, 0.2) is 36.4 Å². The minimum absolute atomic E-state index is 0.0171. The average Bonchev–Trinajstić information content (AvgIpc) is 3.13. The first-order chi connectivity index (χ1) is 15.4. The number of anilines is 1. The third kappa shape index (κ3) is 4.79. The second-order valence-electron chi connectivity index (χ2n) is 7.46. The lowest BCUT2D eigenvalue weighted by molar-refractivity contribution is -0.115. The first-order valence-electron chi connectivity index (χ1n) is 10.1. The third-order valence-corrected chi connectivity index (χ3v) is 5.33. The van der Waals surface area contributed by atoms with Gasteiger partial charge >= 0.3 is 6.61 Å². The van der Waals surface area contributed by atoms with Crippen LogP contribution in [0.4, 0.5) is 14.5 Å². The minimum Gasteiger partial charge on any atom is -0.493 e. The number of nitrogens with one attached hydrogen (secondary N) is 3. The van der Waals surface area contributed by atoms with Crippen molar-refractivity contribution in [2.45, 2.75) is 31.8 Å². The Morgan fingerprint density at radius 3 is 2.69 bits per heavy atom. The fourth-order valence-electron chi connectivity index (χ4n) is 3.45. The van der Waals surface area contributed by atoms with Gasteiger partial charge < -0.3 is 25.1 Å². The highest BCUT2D eigenvalue weighted by molar-refractivity contribution is 6.00. The molecule has 0 bridgehead atoms. The number of alkyl halides is 2. The van der Waals surface area contributed by atoms with Crippen molar-refractivity contribution in [2.24, 2.45) is 0 Å². The van der Waals surface area contributed by atoms with E-state index in [0.717, 1.165) is 29.7 Å². The average molecular weight is 444 g/mol. The fraction of sp³-hybridized carbons (Fsp3) is 0.318. The molecule has 1 saturated carbocycles. The maximum atomic E-state index is 12.4. The van der Waals surface area contributed by atoms with E-state index < -0.39 is 18.4 Å². The molecule has 1 aromatic heterocycles. The zero-order chi connectivity index (χ0) is 22.7. The van der Waals surface area contributed by atoms with Crippen molar-refractivity contribution in [3.63, 3.8) is 0 Å². The predicted molar refractivity (Wildman–Crippen MR) is 113 cm³/mol. The molecule has 4 rings (SSSR count). The summed E-state index contributed by atoms with van der Waals surface area (Å²) < 4.78 is 34.1. The molecule has 168 valence electrons. The van der Waals surface area contributed by atoms with Gasteiger partial charge in [-0.25, -0.2) is 4.98 Å². The van der Waals surface area contributed by atoms with E-state index in [2.05, 4.69) is 25.3 Å². The van der Waals surface area contributed by atoms with Gasteiger partial charge in [-0.1, -0.05) is 6.42 Å². The number of ether oxygens (including phenoxy) is 2. The number of aromatic nitrogens is 2. The van der Waals surface area contributed by atoms with Crippen molar-refractivity contribution >= 4 is 28.5 Å². The van der Waals surface area contributed by atoms with Gasteiger partial charge in [-0.3, -0.25) is 9.59 Å². The van der Waals surface area contributed by atoms with Crippen molar-refractivity contribution in [1.29, 1.82) is 0 Å². The summed E-state index contributed by atoms with van der Waals surface area (Å²) in [5.74, 6) is 0.271. The lowest BCUT2D eigenvalue weighted by atomic mass is 9.85. The second-order valence-corrected chi connectivity index (χ2v) is 7.46. The highest BCUT2D eigenvalue weighted by Crippen LogP contribution is 2.35. The number of carbonyl (C=O) groups is 2. The number of hydrogen-bond donors (Lipinski definition) is 3. The van der Waals surface area contributed by atoms with Crippen LogP contribution in [0.5, 0.6) is 11.5 Å². The number of benzene rings is 2. The molecular weight excluding hydrogens is 422 g/mol. The Labute approximate surface area is 182 Å². The first kappa shape index (κ1) is 21.5. The van der Waals surface area contributed by atoms with Gasteiger partial charge in [0.2, 0.25) is 5.91 Å². The largest absolute Gasteiger partial charge is 0.493 e. The molecule has 2 aromatic carbocycles. The van der Waals surface area contributed by atoms with Crippen LogP contribution in [0, 0.1) is 0 Å². The molecule has 8 nitrogen and oxygen atoms in total. The fourth-order valence-corrected chi connectivity index (χ4v) is 3.45. The molecule has 1 fully saturated rings. The van der Waals surface area contributed by atoms with E-state index in [1.807, 2.05) is 6.07 Å². The molecule has 0 radical (unpaired) electrons. The van der Waals surface area contributed by atoms with Crippen molar-refractivity contribution in [2.75, 3.05) is 19.0 Å². The molecule has 32 heavy (non-hydrogen) atoms. The summed E-state index contributed by atoms with van der Waals surface area (Å²) in [6, 6.07) is 9.15. The molecule has 0 unspecified atom stereocenters. The van der Waals surface area contributed by atoms with E-state index >= 15 is 0 Å². The molecule has 1 aliphatic rings. The Morgan fingerprint density at radius 1 is 1.19 bits per heavy atom. The van der Waals surface area contributed by atoms with Gasteiger partial charge in [-0.2, -0.15) is 8.78 Å². The number of rotatable bonds is 8. The normalized spacial score (nSPS) is 13.6. The number of imidazole rings is 1. The molecule has 0 atom stereocenters. The third-order valence-electron chi connectivity index (χ3n) is 5.33. The van der Waals surface area contributed by atoms with Gasteiger partial charge in [-0.05, 0) is 49.2 Å². The van der Waals surface area contributed by atoms with Gasteiger partial charge in [0, 0.05) is 17.2 Å². The number of nitrogens with zero attached hydrogens (tertiary/aromatic N) is 1. The van der Waals surface area contributed by atoms with Crippen molar-refractivity contribution < 1.29 is 27.8 Å². The number of carbonyl (C=O) groups excluding carboxylic acids is 2. The molecular formula is C22H22F2N4O4. The molecule has 2 amide bonds. The van der Waals surface area contributed by atoms with E-state index in [4.69, 9.17) is 4.74 Å². The van der Waals surface area contributed by atoms with Gasteiger partial charge in [0.1, 0.15) is 5.82 Å². The van der Waals surface area contributed by atoms with Crippen molar-refractivity contribution in [3.8, 4) is 11.5 Å². The molecule has 1 aliphatic carbocycles. The van der Waals surface area contributed by atoms with Crippen LogP contribution in [0.2, 0.25) is 0 Å². The van der Waals surface area contributed by atoms with Gasteiger partial charge in [0.05, 0.1) is 24.7 Å². The zero-order valence-electron chi connectivity index (χ0n) is 17.3. The van der Waals surface area contributed by atoms with E-state index in [-0.39, 0.29) is 23.6 Å². The smallest absolute Gasteiger partial charge is 0.387 e. The summed E-state index contributed by atoms with van der Waals surface area (Å²) >= 11 is 0. The zero-order valence-corrected chi connectivity index (χ0v) is 17.3. The number of amides is 2. The van der Waals surface area contributed by atoms with Gasteiger partial charge in [0.15, 0.2) is 11.5 Å². The Kier molecular flexibility index (Phi) is 6.20. The first-order valence-corrected chi connectivity index (χ1v) is 10.1. The summed E-state index contributed by atoms with van der Waals surface area (Å²) in [6.07, 6.45) is 3.49. The molecule has 1 heterocycles. The highest BCUT2D eigenvalue weighted by Gasteiger charge is 2.22. The van der Waals surface area contributed by atoms with Gasteiger partial charge in [-0.15, -0.1) is 0 Å². The highest BCUT2D eigenvalue weighted by atomic mass is 19.3. The standard InChI is InChI=1S/C22H22F2N4O4/c1-31-18-9-13(5-8-17(18)32-22(23)24)21(30)25-11-19(29)26-14-6-7-15-16(10-14)28-20(27-15)12-3-2-4-12/h5-10,12,22H,2-4,11H2,1H3,(H,25,30)(H,26,29)(H,27,28). The van der Waals surface area contributed by atoms with Crippen LogP contribution in [0.1, 0.15) is 41.4 Å². The number of halogens is 2. The van der Waals surface area contributed by atoms with E-state index in [0.29, 0.717) is 11.6 Å². The van der Waals surface area contributed by atoms with Crippen LogP contribution in [0.3, 0.4) is 0 Å². The van der Waals surface area contributed by atoms with E-state index in [1.165, 1.54) is 31.7 Å². The van der Waals surface area contributed by atoms with E-state index in [1.54, 1.807) is 12.1 Å². The number of aromatic amines is 1. The van der Waals surface area contributed by atoms with Gasteiger partial charge in [0.25, 0.3) is 5.91 Å². The summed E-state index contributed by atoms with van der Waals surface area (Å²) in [7, 11) is 1.27. The Balaban J connectivity index is 1.34. The molecule has 3 aromatic rings. The maximum absolute atomic E-state index is 12.4. The topological polar surface area (TPSA) is 105 Å². The van der Waals surface area contributed by atoms with Crippen LogP contribution in [-0.4, -0.2) is 42.0 Å². The Bertz CT molecular complexity index is 1140. The summed E-state index contributed by atoms with van der Waals surface area (Å²) in [4.78, 5) is 32.5. The quantitative estimate of drug-likeness (QED) is 0.490. The van der Waals surface area contributed by atoms with E-state index in [9.17, 15) is 18.4 Å². The number of fused-ring (bicyclic) bond motifs is 1. The minimum atomic E-state index is -3.02. The van der Waals surface area contributed by atoms with Crippen LogP contribution in [0.25, 0.3) is 11.0 Å². The molecule has 3 N–H and O–H groups in total. The number of hydrogen-bond acceptors (Lipinski definition) is 5. The summed E-state index contributed by atoms with van der Waals surface area (Å²) in [6.45, 7) is -3.29. The molecule has 0 saturated heterocycles. The second kappa shape index (κ2) is 9.21. The maximum Gasteiger partial charge on any atom is 0.387 e. The summed E-state index contributed by atoms with van der Waals surface area (Å²) in [5, 5.41) is 5.22. The van der Waals surface area contributed by atoms with Crippen LogP contribution in [-0.2, 0) is 4.79 Å². The predicted octanol–water partition coefficient (Wildman–Crippen LogP) is 3.81. The molecule has 0 spiro atoms. The lowest BCUT2D eigenvalue weighted by Crippen LogP contribution is -2.32. The molecule has 10 heteroatoms. The summed E-state index contributed by atoms with van der Waals surface area (Å²) in [5.41, 5.74) is 2.40. The van der Waals surface area contributed by atoms with Crippen LogP contribution >= 0.6 is 0 Å². The van der Waals surface area contributed by atoms with Crippen LogP contribution < -0.4 is 20.1 Å². The molecule has 0 aliphatic heterocycles. The van der Waals surface area contributed by atoms with Crippen molar-refractivity contribution in [3.05, 3.63) is 47.8 Å². The Hall–Kier alpha value is -3.69. The number of methoxy groups -OCH3 is 1. The SMILES string of the molecule is COc1cc(C(=O)NCC(=O)Nc2ccc3nc(C4CCC4)[nH]c3c2)ccc1OC(F)F. The lowest BCUT2D eigenvalue weighted by Gasteiger charge is -2.22. The van der Waals surface area contributed by atoms with Crippen molar-refractivity contribution in [1.82, 2.24) is 15.3 Å². The Morgan fingerprint density at radius 2 is 2.00 bits per heavy atom. The number of H-pyrrole nitrogens is 1. The monoisotopic (exact) mass is 444 g/mol.